The molecule has 0 unspecified atom stereocenters. The fraction of sp³-hybridized carbons (Fsp3) is 0.625. The standard InChI is InChI=1S/C16H26N2O/c1-7-9-12-10-13(16(4,5)6)15(17-11(12)3)18-14(19)8-2/h10H,7-9H2,1-6H3,(H,17,18,19). The van der Waals surface area contributed by atoms with E-state index in [2.05, 4.69) is 44.1 Å². The number of carbonyl (C=O) groups excluding carboxylic acids is 1. The molecule has 0 aliphatic rings. The topological polar surface area (TPSA) is 42.0 Å². The van der Waals surface area contributed by atoms with Crippen LogP contribution in [0.25, 0.3) is 0 Å². The molecule has 0 aliphatic carbocycles. The molecule has 0 radical (unpaired) electrons. The van der Waals surface area contributed by atoms with Gasteiger partial charge in [-0.3, -0.25) is 4.79 Å². The average Bonchev–Trinajstić information content (AvgIpc) is 2.31. The maximum absolute atomic E-state index is 11.6. The van der Waals surface area contributed by atoms with Gasteiger partial charge in [-0.25, -0.2) is 4.98 Å². The molecule has 1 aromatic rings. The Bertz CT molecular complexity index is 459. The van der Waals surface area contributed by atoms with Crippen LogP contribution in [-0.2, 0) is 16.6 Å². The lowest BCUT2D eigenvalue weighted by Crippen LogP contribution is -2.20. The van der Waals surface area contributed by atoms with E-state index in [1.54, 1.807) is 0 Å². The lowest BCUT2D eigenvalue weighted by Gasteiger charge is -2.24. The predicted octanol–water partition coefficient (Wildman–Crippen LogP) is 3.99. The number of aryl methyl sites for hydroxylation is 2. The van der Waals surface area contributed by atoms with Crippen molar-refractivity contribution in [1.29, 1.82) is 0 Å². The average molecular weight is 262 g/mol. The molecule has 3 heteroatoms. The Labute approximate surface area is 116 Å². The Morgan fingerprint density at radius 2 is 1.95 bits per heavy atom. The molecule has 1 heterocycles. The highest BCUT2D eigenvalue weighted by molar-refractivity contribution is 5.90. The Balaban J connectivity index is 3.28. The van der Waals surface area contributed by atoms with Crippen molar-refractivity contribution in [1.82, 2.24) is 4.98 Å². The molecule has 0 aromatic carbocycles. The van der Waals surface area contributed by atoms with Crippen molar-refractivity contribution < 1.29 is 4.79 Å². The first-order chi connectivity index (χ1) is 8.79. The molecule has 1 aromatic heterocycles. The Morgan fingerprint density at radius 1 is 1.32 bits per heavy atom. The van der Waals surface area contributed by atoms with Crippen LogP contribution in [0.3, 0.4) is 0 Å². The van der Waals surface area contributed by atoms with E-state index in [-0.39, 0.29) is 11.3 Å². The summed E-state index contributed by atoms with van der Waals surface area (Å²) in [6.45, 7) is 12.5. The third-order valence-electron chi connectivity index (χ3n) is 3.22. The molecule has 0 aliphatic heterocycles. The molecule has 0 spiro atoms. The van der Waals surface area contributed by atoms with Crippen LogP contribution < -0.4 is 5.32 Å². The van der Waals surface area contributed by atoms with Crippen molar-refractivity contribution in [3.8, 4) is 0 Å². The molecule has 0 saturated heterocycles. The smallest absolute Gasteiger partial charge is 0.225 e. The predicted molar refractivity (Wildman–Crippen MR) is 80.6 cm³/mol. The van der Waals surface area contributed by atoms with Crippen LogP contribution in [0.5, 0.6) is 0 Å². The number of anilines is 1. The van der Waals surface area contributed by atoms with Gasteiger partial charge < -0.3 is 5.32 Å². The molecule has 1 N–H and O–H groups in total. The van der Waals surface area contributed by atoms with Crippen LogP contribution in [0.2, 0.25) is 0 Å². The van der Waals surface area contributed by atoms with Gasteiger partial charge in [0.05, 0.1) is 0 Å². The van der Waals surface area contributed by atoms with Gasteiger partial charge in [0.1, 0.15) is 5.82 Å². The van der Waals surface area contributed by atoms with Crippen molar-refractivity contribution in [3.05, 3.63) is 22.9 Å². The Morgan fingerprint density at radius 3 is 2.42 bits per heavy atom. The minimum Gasteiger partial charge on any atom is -0.310 e. The second kappa shape index (κ2) is 6.18. The molecule has 1 rings (SSSR count). The van der Waals surface area contributed by atoms with Gasteiger partial charge in [-0.1, -0.05) is 41.0 Å². The van der Waals surface area contributed by atoms with Crippen LogP contribution in [-0.4, -0.2) is 10.9 Å². The van der Waals surface area contributed by atoms with Crippen molar-refractivity contribution in [2.45, 2.75) is 66.2 Å². The van der Waals surface area contributed by atoms with Gasteiger partial charge in [-0.15, -0.1) is 0 Å². The summed E-state index contributed by atoms with van der Waals surface area (Å²) in [5.41, 5.74) is 3.38. The van der Waals surface area contributed by atoms with Crippen LogP contribution in [0, 0.1) is 6.92 Å². The van der Waals surface area contributed by atoms with Crippen LogP contribution in [0.1, 0.15) is 64.3 Å². The fourth-order valence-corrected chi connectivity index (χ4v) is 2.06. The number of hydrogen-bond acceptors (Lipinski definition) is 2. The van der Waals surface area contributed by atoms with Crippen LogP contribution in [0.4, 0.5) is 5.82 Å². The molecule has 0 atom stereocenters. The molecule has 19 heavy (non-hydrogen) atoms. The normalized spacial score (nSPS) is 11.5. The second-order valence-electron chi connectivity index (χ2n) is 6.03. The number of hydrogen-bond donors (Lipinski definition) is 1. The van der Waals surface area contributed by atoms with Crippen LogP contribution in [0.15, 0.2) is 6.07 Å². The molecule has 0 bridgehead atoms. The summed E-state index contributed by atoms with van der Waals surface area (Å²) in [5.74, 6) is 0.734. The van der Waals surface area contributed by atoms with Crippen molar-refractivity contribution in [2.75, 3.05) is 5.32 Å². The zero-order valence-electron chi connectivity index (χ0n) is 13.1. The second-order valence-corrected chi connectivity index (χ2v) is 6.03. The summed E-state index contributed by atoms with van der Waals surface area (Å²) in [7, 11) is 0. The highest BCUT2D eigenvalue weighted by atomic mass is 16.1. The number of nitrogens with one attached hydrogen (secondary N) is 1. The van der Waals surface area contributed by atoms with E-state index in [9.17, 15) is 4.79 Å². The fourth-order valence-electron chi connectivity index (χ4n) is 2.06. The summed E-state index contributed by atoms with van der Waals surface area (Å²) >= 11 is 0. The third-order valence-corrected chi connectivity index (χ3v) is 3.22. The number of rotatable bonds is 4. The van der Waals surface area contributed by atoms with Crippen molar-refractivity contribution in [3.63, 3.8) is 0 Å². The molecule has 0 fully saturated rings. The number of carbonyl (C=O) groups is 1. The highest BCUT2D eigenvalue weighted by Gasteiger charge is 2.21. The molecule has 0 saturated carbocycles. The summed E-state index contributed by atoms with van der Waals surface area (Å²) in [6.07, 6.45) is 2.61. The minimum atomic E-state index is -0.0282. The van der Waals surface area contributed by atoms with Crippen molar-refractivity contribution >= 4 is 11.7 Å². The number of pyridine rings is 1. The number of nitrogens with zero attached hydrogens (tertiary/aromatic N) is 1. The van der Waals surface area contributed by atoms with Gasteiger partial charge in [0.2, 0.25) is 5.91 Å². The van der Waals surface area contributed by atoms with Gasteiger partial charge in [0.25, 0.3) is 0 Å². The van der Waals surface area contributed by atoms with E-state index >= 15 is 0 Å². The van der Waals surface area contributed by atoms with Crippen LogP contribution >= 0.6 is 0 Å². The van der Waals surface area contributed by atoms with E-state index in [0.717, 1.165) is 29.9 Å². The van der Waals surface area contributed by atoms with Gasteiger partial charge in [0.15, 0.2) is 0 Å². The monoisotopic (exact) mass is 262 g/mol. The summed E-state index contributed by atoms with van der Waals surface area (Å²) in [6, 6.07) is 2.21. The third kappa shape index (κ3) is 4.05. The Kier molecular flexibility index (Phi) is 5.10. The molecule has 1 amide bonds. The summed E-state index contributed by atoms with van der Waals surface area (Å²) in [5, 5.41) is 2.93. The van der Waals surface area contributed by atoms with Gasteiger partial charge in [-0.05, 0) is 30.4 Å². The largest absolute Gasteiger partial charge is 0.310 e. The first-order valence-electron chi connectivity index (χ1n) is 7.10. The molecule has 3 nitrogen and oxygen atoms in total. The van der Waals surface area contributed by atoms with Gasteiger partial charge >= 0.3 is 0 Å². The zero-order chi connectivity index (χ0) is 14.6. The molecule has 106 valence electrons. The molecular weight excluding hydrogens is 236 g/mol. The highest BCUT2D eigenvalue weighted by Crippen LogP contribution is 2.30. The zero-order valence-corrected chi connectivity index (χ0v) is 13.1. The number of amides is 1. The van der Waals surface area contributed by atoms with E-state index in [1.165, 1.54) is 5.56 Å². The van der Waals surface area contributed by atoms with E-state index in [1.807, 2.05) is 13.8 Å². The first-order valence-corrected chi connectivity index (χ1v) is 7.10. The SMILES string of the molecule is CCCc1cc(C(C)(C)C)c(NC(=O)CC)nc1C. The lowest BCUT2D eigenvalue weighted by molar-refractivity contribution is -0.115. The van der Waals surface area contributed by atoms with Gasteiger partial charge in [-0.2, -0.15) is 0 Å². The van der Waals surface area contributed by atoms with Gasteiger partial charge in [0, 0.05) is 17.7 Å². The summed E-state index contributed by atoms with van der Waals surface area (Å²) in [4.78, 5) is 16.2. The molecular formula is C16H26N2O. The van der Waals surface area contributed by atoms with E-state index in [0.29, 0.717) is 6.42 Å². The quantitative estimate of drug-likeness (QED) is 0.891. The Hall–Kier alpha value is -1.38. The maximum Gasteiger partial charge on any atom is 0.225 e. The number of aromatic nitrogens is 1. The van der Waals surface area contributed by atoms with Crippen molar-refractivity contribution in [2.24, 2.45) is 0 Å². The maximum atomic E-state index is 11.6. The summed E-state index contributed by atoms with van der Waals surface area (Å²) < 4.78 is 0. The first kappa shape index (κ1) is 15.7. The van der Waals surface area contributed by atoms with E-state index < -0.39 is 0 Å². The lowest BCUT2D eigenvalue weighted by atomic mass is 9.85. The van der Waals surface area contributed by atoms with E-state index in [4.69, 9.17) is 0 Å². The minimum absolute atomic E-state index is 0.0145.